The van der Waals surface area contributed by atoms with Crippen molar-refractivity contribution in [1.29, 1.82) is 0 Å². The molecule has 3 saturated carbocycles. The molecule has 4 aliphatic carbocycles. The zero-order valence-electron chi connectivity index (χ0n) is 11.1. The van der Waals surface area contributed by atoms with E-state index in [4.69, 9.17) is 4.74 Å². The van der Waals surface area contributed by atoms with E-state index in [1.165, 1.54) is 0 Å². The summed E-state index contributed by atoms with van der Waals surface area (Å²) in [5.41, 5.74) is -2.07. The molecule has 19 heavy (non-hydrogen) atoms. The average Bonchev–Trinajstić information content (AvgIpc) is 2.87. The Kier molecular flexibility index (Phi) is 1.37. The van der Waals surface area contributed by atoms with E-state index in [-0.39, 0.29) is 23.2 Å². The Balaban J connectivity index is 1.92. The van der Waals surface area contributed by atoms with Gasteiger partial charge in [0.1, 0.15) is 5.60 Å². The van der Waals surface area contributed by atoms with Gasteiger partial charge in [0.05, 0.1) is 23.0 Å². The molecule has 0 aromatic carbocycles. The lowest BCUT2D eigenvalue weighted by Crippen LogP contribution is -2.58. The average molecular weight is 262 g/mol. The highest BCUT2D eigenvalue weighted by molar-refractivity contribution is 5.87. The molecule has 0 radical (unpaired) electrons. The van der Waals surface area contributed by atoms with Gasteiger partial charge >= 0.3 is 5.97 Å². The van der Waals surface area contributed by atoms with Gasteiger partial charge in [-0.25, -0.2) is 0 Å². The van der Waals surface area contributed by atoms with Gasteiger partial charge in [-0.3, -0.25) is 4.79 Å². The number of hydrogen-bond acceptors (Lipinski definition) is 4. The molecule has 4 fully saturated rings. The van der Waals surface area contributed by atoms with Crippen LogP contribution >= 0.6 is 0 Å². The standard InChI is InChI=1S/C15H18O4/c1-12-3-4-15-10(12)9(17)7-5-8(16)13(15,2)19-11(18)14(7,15)6-12/h3-4,7-10,16-17H,5-6H2,1-2H3/t7-,8-,9+,10+,12-,13+,14+,15-/m1/s1. The van der Waals surface area contributed by atoms with E-state index in [1.54, 1.807) is 0 Å². The third-order valence-corrected chi connectivity index (χ3v) is 7.32. The Bertz CT molecular complexity index is 570. The fourth-order valence-corrected chi connectivity index (χ4v) is 6.84. The smallest absolute Gasteiger partial charge is 0.314 e. The van der Waals surface area contributed by atoms with Crippen LogP contribution in [0.1, 0.15) is 26.7 Å². The van der Waals surface area contributed by atoms with Crippen LogP contribution in [0.25, 0.3) is 0 Å². The van der Waals surface area contributed by atoms with Gasteiger partial charge in [-0.2, -0.15) is 0 Å². The molecule has 0 aromatic rings. The van der Waals surface area contributed by atoms with E-state index in [0.717, 1.165) is 6.42 Å². The second-order valence-corrected chi connectivity index (χ2v) is 7.68. The van der Waals surface area contributed by atoms with Crippen LogP contribution in [0.3, 0.4) is 0 Å². The van der Waals surface area contributed by atoms with E-state index in [1.807, 2.05) is 6.92 Å². The van der Waals surface area contributed by atoms with Crippen molar-refractivity contribution in [1.82, 2.24) is 0 Å². The molecule has 4 heteroatoms. The summed E-state index contributed by atoms with van der Waals surface area (Å²) in [6.45, 7) is 3.99. The van der Waals surface area contributed by atoms with Gasteiger partial charge in [-0.05, 0) is 25.2 Å². The van der Waals surface area contributed by atoms with Crippen molar-refractivity contribution in [3.8, 4) is 0 Å². The summed E-state index contributed by atoms with van der Waals surface area (Å²) in [6.07, 6.45) is 4.31. The van der Waals surface area contributed by atoms with E-state index >= 15 is 0 Å². The van der Waals surface area contributed by atoms with Crippen molar-refractivity contribution < 1.29 is 19.7 Å². The highest BCUT2D eigenvalue weighted by atomic mass is 16.6. The highest BCUT2D eigenvalue weighted by Gasteiger charge is 2.93. The Morgan fingerprint density at radius 3 is 2.79 bits per heavy atom. The summed E-state index contributed by atoms with van der Waals surface area (Å²) in [6, 6.07) is 0. The number of carbonyl (C=O) groups excluding carboxylic acids is 1. The number of rotatable bonds is 0. The molecule has 0 unspecified atom stereocenters. The molecule has 2 N–H and O–H groups in total. The third kappa shape index (κ3) is 0.659. The first-order chi connectivity index (χ1) is 8.83. The van der Waals surface area contributed by atoms with Crippen LogP contribution in [0.2, 0.25) is 0 Å². The fraction of sp³-hybridized carbons (Fsp3) is 0.800. The molecule has 8 atom stereocenters. The molecule has 1 saturated heterocycles. The molecule has 5 rings (SSSR count). The van der Waals surface area contributed by atoms with Crippen molar-refractivity contribution in [3.63, 3.8) is 0 Å². The van der Waals surface area contributed by atoms with Crippen LogP contribution in [0, 0.1) is 28.1 Å². The van der Waals surface area contributed by atoms with Gasteiger partial charge in [0.25, 0.3) is 0 Å². The summed E-state index contributed by atoms with van der Waals surface area (Å²) >= 11 is 0. The van der Waals surface area contributed by atoms with Crippen LogP contribution in [0.5, 0.6) is 0 Å². The zero-order chi connectivity index (χ0) is 13.4. The quantitative estimate of drug-likeness (QED) is 0.496. The first-order valence-electron chi connectivity index (χ1n) is 7.13. The van der Waals surface area contributed by atoms with E-state index in [0.29, 0.717) is 6.42 Å². The monoisotopic (exact) mass is 262 g/mol. The van der Waals surface area contributed by atoms with Gasteiger partial charge in [0.15, 0.2) is 0 Å². The summed E-state index contributed by atoms with van der Waals surface area (Å²) in [5, 5.41) is 21.2. The first kappa shape index (κ1) is 10.9. The summed E-state index contributed by atoms with van der Waals surface area (Å²) < 4.78 is 5.71. The number of aliphatic hydroxyl groups excluding tert-OH is 2. The lowest BCUT2D eigenvalue weighted by atomic mass is 9.51. The van der Waals surface area contributed by atoms with Crippen LogP contribution in [0.15, 0.2) is 12.2 Å². The fourth-order valence-electron chi connectivity index (χ4n) is 6.84. The first-order valence-corrected chi connectivity index (χ1v) is 7.13. The molecule has 1 spiro atoms. The number of allylic oxidation sites excluding steroid dienone is 1. The Morgan fingerprint density at radius 1 is 1.32 bits per heavy atom. The minimum atomic E-state index is -0.868. The Labute approximate surface area is 111 Å². The summed E-state index contributed by atoms with van der Waals surface area (Å²) in [5.74, 6) is -0.321. The maximum atomic E-state index is 12.6. The molecular weight excluding hydrogens is 244 g/mol. The van der Waals surface area contributed by atoms with E-state index in [2.05, 4.69) is 19.1 Å². The second kappa shape index (κ2) is 2.40. The molecule has 0 amide bonds. The largest absolute Gasteiger partial charge is 0.455 e. The lowest BCUT2D eigenvalue weighted by molar-refractivity contribution is -0.167. The van der Waals surface area contributed by atoms with E-state index in [9.17, 15) is 15.0 Å². The molecule has 1 heterocycles. The number of hydrogen-bond donors (Lipinski definition) is 2. The Hall–Kier alpha value is -0.870. The van der Waals surface area contributed by atoms with Crippen molar-refractivity contribution in [2.45, 2.75) is 44.5 Å². The van der Waals surface area contributed by atoms with Crippen molar-refractivity contribution in [2.24, 2.45) is 28.1 Å². The summed E-state index contributed by atoms with van der Waals surface area (Å²) in [7, 11) is 0. The Morgan fingerprint density at radius 2 is 2.05 bits per heavy atom. The van der Waals surface area contributed by atoms with Crippen LogP contribution < -0.4 is 0 Å². The van der Waals surface area contributed by atoms with Gasteiger partial charge in [-0.1, -0.05) is 19.1 Å². The number of ether oxygens (including phenoxy) is 1. The van der Waals surface area contributed by atoms with Gasteiger partial charge in [0, 0.05) is 11.8 Å². The number of esters is 1. The molecule has 0 aromatic heterocycles. The molecule has 5 aliphatic rings. The molecule has 102 valence electrons. The van der Waals surface area contributed by atoms with Crippen LogP contribution in [-0.4, -0.2) is 34.0 Å². The predicted octanol–water partition coefficient (Wildman–Crippen LogP) is 0.626. The molecular formula is C15H18O4. The molecule has 4 nitrogen and oxygen atoms in total. The van der Waals surface area contributed by atoms with Crippen LogP contribution in [0.4, 0.5) is 0 Å². The highest BCUT2D eigenvalue weighted by Crippen LogP contribution is 2.87. The number of carbonyl (C=O) groups is 1. The molecule has 6 bridgehead atoms. The van der Waals surface area contributed by atoms with Gasteiger partial charge in [0.2, 0.25) is 0 Å². The third-order valence-electron chi connectivity index (χ3n) is 7.32. The maximum absolute atomic E-state index is 12.6. The topological polar surface area (TPSA) is 66.8 Å². The van der Waals surface area contributed by atoms with Gasteiger partial charge < -0.3 is 14.9 Å². The lowest BCUT2D eigenvalue weighted by Gasteiger charge is -2.49. The predicted molar refractivity (Wildman–Crippen MR) is 64.8 cm³/mol. The maximum Gasteiger partial charge on any atom is 0.314 e. The number of aliphatic hydroxyl groups is 2. The van der Waals surface area contributed by atoms with Crippen molar-refractivity contribution >= 4 is 5.97 Å². The van der Waals surface area contributed by atoms with Gasteiger partial charge in [-0.15, -0.1) is 0 Å². The normalized spacial score (nSPS) is 70.8. The van der Waals surface area contributed by atoms with Crippen LogP contribution in [-0.2, 0) is 9.53 Å². The van der Waals surface area contributed by atoms with E-state index < -0.39 is 28.6 Å². The van der Waals surface area contributed by atoms with Crippen molar-refractivity contribution in [3.05, 3.63) is 12.2 Å². The summed E-state index contributed by atoms with van der Waals surface area (Å²) in [4.78, 5) is 12.6. The van der Waals surface area contributed by atoms with Crippen molar-refractivity contribution in [2.75, 3.05) is 0 Å². The SMILES string of the molecule is C[C@@]12OC(=O)[C@@]34C[C@@]5(C)C=C[C@@]13[C@H]5[C@@H](O)[C@H]4C[C@H]2O. The molecule has 1 aliphatic heterocycles. The minimum absolute atomic E-state index is 0.0126. The zero-order valence-corrected chi connectivity index (χ0v) is 11.1. The minimum Gasteiger partial charge on any atom is -0.455 e. The second-order valence-electron chi connectivity index (χ2n) is 7.68.